The first kappa shape index (κ1) is 18.9. The predicted molar refractivity (Wildman–Crippen MR) is 119 cm³/mol. The molecule has 0 saturated heterocycles. The van der Waals surface area contributed by atoms with Gasteiger partial charge in [0.15, 0.2) is 0 Å². The Kier molecular flexibility index (Phi) is 5.11. The number of anilines is 3. The van der Waals surface area contributed by atoms with Crippen LogP contribution >= 0.6 is 0 Å². The number of rotatable bonds is 6. The van der Waals surface area contributed by atoms with Crippen molar-refractivity contribution in [2.75, 3.05) is 10.6 Å². The molecule has 4 N–H and O–H groups in total. The van der Waals surface area contributed by atoms with Gasteiger partial charge in [-0.3, -0.25) is 10.1 Å². The van der Waals surface area contributed by atoms with E-state index in [1.807, 2.05) is 48.5 Å². The number of nitrogens with two attached hydrogens (primary N) is 1. The summed E-state index contributed by atoms with van der Waals surface area (Å²) in [5, 5.41) is 13.2. The van der Waals surface area contributed by atoms with Gasteiger partial charge >= 0.3 is 0 Å². The van der Waals surface area contributed by atoms with Crippen molar-refractivity contribution in [1.82, 2.24) is 15.0 Å². The third-order valence-electron chi connectivity index (χ3n) is 4.35. The highest BCUT2D eigenvalue weighted by molar-refractivity contribution is 7.98. The molecule has 0 radical (unpaired) electrons. The fourth-order valence-electron chi connectivity index (χ4n) is 2.91. The Morgan fingerprint density at radius 2 is 1.93 bits per heavy atom. The summed E-state index contributed by atoms with van der Waals surface area (Å²) in [5.41, 5.74) is 3.55. The third kappa shape index (κ3) is 4.50. The standard InChI is InChI=1S/C21H20N6OS/c1-29(22,28)18-6-2-4-15(10-18)12-24-16-7-8-19-20(11-16)25-14-26-21(19)27-17-5-3-9-23-13-17/h2-11,13-14,24H,1,12H2,(H2,22,28)(H,25,26,27). The van der Waals surface area contributed by atoms with Gasteiger partial charge < -0.3 is 10.6 Å². The van der Waals surface area contributed by atoms with Crippen molar-refractivity contribution in [3.63, 3.8) is 0 Å². The summed E-state index contributed by atoms with van der Waals surface area (Å²) in [5.74, 6) is 4.25. The Labute approximate surface area is 169 Å². The first-order valence-corrected chi connectivity index (χ1v) is 10.7. The monoisotopic (exact) mass is 404 g/mol. The second-order valence-corrected chi connectivity index (χ2v) is 8.47. The lowest BCUT2D eigenvalue weighted by molar-refractivity contribution is 0.682. The molecule has 4 rings (SSSR count). The number of fused-ring (bicyclic) bond motifs is 1. The van der Waals surface area contributed by atoms with Crippen LogP contribution in [0.3, 0.4) is 0 Å². The van der Waals surface area contributed by atoms with Crippen molar-refractivity contribution in [3.05, 3.63) is 78.9 Å². The van der Waals surface area contributed by atoms with Crippen LogP contribution in [0.2, 0.25) is 0 Å². The zero-order valence-corrected chi connectivity index (χ0v) is 16.4. The molecule has 0 aliphatic carbocycles. The number of pyridine rings is 1. The summed E-state index contributed by atoms with van der Waals surface area (Å²) in [6.45, 7) is 0.556. The van der Waals surface area contributed by atoms with Gasteiger partial charge in [0.25, 0.3) is 0 Å². The Hall–Kier alpha value is -3.49. The zero-order valence-electron chi connectivity index (χ0n) is 15.6. The number of aromatic nitrogens is 3. The van der Waals surface area contributed by atoms with Crippen LogP contribution in [0.4, 0.5) is 17.2 Å². The van der Waals surface area contributed by atoms with E-state index in [9.17, 15) is 4.21 Å². The molecular formula is C21H20N6OS. The minimum Gasteiger partial charge on any atom is -0.381 e. The first-order valence-electron chi connectivity index (χ1n) is 8.89. The molecule has 2 aromatic carbocycles. The van der Waals surface area contributed by atoms with E-state index in [0.717, 1.165) is 33.7 Å². The summed E-state index contributed by atoms with van der Waals surface area (Å²) >= 11 is 0. The van der Waals surface area contributed by atoms with Crippen molar-refractivity contribution in [3.8, 4) is 0 Å². The quantitative estimate of drug-likeness (QED) is 0.426. The van der Waals surface area contributed by atoms with Crippen LogP contribution in [0.5, 0.6) is 0 Å². The number of hydrogen-bond donors (Lipinski definition) is 3. The SMILES string of the molecule is C=S(N)(=O)c1cccc(CNc2ccc3c(Nc4cccnc4)ncnc3c2)c1. The van der Waals surface area contributed by atoms with Gasteiger partial charge in [-0.15, -0.1) is 0 Å². The van der Waals surface area contributed by atoms with E-state index in [-0.39, 0.29) is 0 Å². The molecule has 0 aliphatic rings. The number of nitrogens with one attached hydrogen (secondary N) is 2. The van der Waals surface area contributed by atoms with Crippen molar-refractivity contribution in [2.45, 2.75) is 11.4 Å². The molecular weight excluding hydrogens is 384 g/mol. The summed E-state index contributed by atoms with van der Waals surface area (Å²) < 4.78 is 11.9. The minimum absolute atomic E-state index is 0.536. The molecule has 2 heterocycles. The maximum Gasteiger partial charge on any atom is 0.141 e. The summed E-state index contributed by atoms with van der Waals surface area (Å²) in [4.78, 5) is 13.4. The largest absolute Gasteiger partial charge is 0.381 e. The maximum atomic E-state index is 11.9. The van der Waals surface area contributed by atoms with Gasteiger partial charge in [-0.05, 0) is 53.9 Å². The molecule has 1 atom stereocenters. The van der Waals surface area contributed by atoms with Gasteiger partial charge in [0.1, 0.15) is 12.1 Å². The average Bonchev–Trinajstić information content (AvgIpc) is 2.73. The molecule has 146 valence electrons. The van der Waals surface area contributed by atoms with Crippen molar-refractivity contribution >= 4 is 43.7 Å². The van der Waals surface area contributed by atoms with Gasteiger partial charge in [0, 0.05) is 28.7 Å². The molecule has 0 saturated carbocycles. The van der Waals surface area contributed by atoms with Gasteiger partial charge in [-0.1, -0.05) is 12.1 Å². The summed E-state index contributed by atoms with van der Waals surface area (Å²) in [6.07, 6.45) is 4.99. The van der Waals surface area contributed by atoms with E-state index >= 15 is 0 Å². The molecule has 0 fully saturated rings. The number of hydrogen-bond acceptors (Lipinski definition) is 6. The molecule has 4 aromatic rings. The Balaban J connectivity index is 1.54. The average molecular weight is 404 g/mol. The lowest BCUT2D eigenvalue weighted by atomic mass is 10.2. The Morgan fingerprint density at radius 1 is 1.03 bits per heavy atom. The van der Waals surface area contributed by atoms with Crippen LogP contribution in [0.15, 0.2) is 78.2 Å². The molecule has 2 aromatic heterocycles. The van der Waals surface area contributed by atoms with E-state index < -0.39 is 9.71 Å². The highest BCUT2D eigenvalue weighted by Gasteiger charge is 2.06. The highest BCUT2D eigenvalue weighted by atomic mass is 32.2. The second kappa shape index (κ2) is 7.86. The summed E-state index contributed by atoms with van der Waals surface area (Å²) in [6, 6.07) is 17.0. The van der Waals surface area contributed by atoms with Crippen LogP contribution in [0.1, 0.15) is 5.56 Å². The van der Waals surface area contributed by atoms with E-state index in [4.69, 9.17) is 5.14 Å². The van der Waals surface area contributed by atoms with E-state index in [2.05, 4.69) is 31.5 Å². The van der Waals surface area contributed by atoms with Crippen LogP contribution < -0.4 is 15.8 Å². The molecule has 0 aliphatic heterocycles. The second-order valence-electron chi connectivity index (χ2n) is 6.55. The minimum atomic E-state index is -2.72. The predicted octanol–water partition coefficient (Wildman–Crippen LogP) is 3.33. The fourth-order valence-corrected chi connectivity index (χ4v) is 3.57. The molecule has 29 heavy (non-hydrogen) atoms. The van der Waals surface area contributed by atoms with Gasteiger partial charge in [0.2, 0.25) is 0 Å². The van der Waals surface area contributed by atoms with Crippen LogP contribution in [0, 0.1) is 0 Å². The molecule has 1 unspecified atom stereocenters. The first-order chi connectivity index (χ1) is 14.0. The van der Waals surface area contributed by atoms with E-state index in [1.54, 1.807) is 18.5 Å². The lowest BCUT2D eigenvalue weighted by Crippen LogP contribution is -2.12. The topological polar surface area (TPSA) is 106 Å². The Morgan fingerprint density at radius 3 is 2.72 bits per heavy atom. The van der Waals surface area contributed by atoms with Gasteiger partial charge in [-0.2, -0.15) is 0 Å². The lowest BCUT2D eigenvalue weighted by Gasteiger charge is -2.11. The third-order valence-corrected chi connectivity index (χ3v) is 5.41. The van der Waals surface area contributed by atoms with Crippen molar-refractivity contribution in [1.29, 1.82) is 0 Å². The van der Waals surface area contributed by atoms with E-state index in [1.165, 1.54) is 6.33 Å². The van der Waals surface area contributed by atoms with E-state index in [0.29, 0.717) is 11.4 Å². The van der Waals surface area contributed by atoms with Crippen LogP contribution in [0.25, 0.3) is 10.9 Å². The molecule has 0 bridgehead atoms. The van der Waals surface area contributed by atoms with Crippen LogP contribution in [-0.4, -0.2) is 25.0 Å². The zero-order chi connectivity index (χ0) is 20.3. The molecule has 0 amide bonds. The van der Waals surface area contributed by atoms with Crippen LogP contribution in [-0.2, 0) is 16.3 Å². The fraction of sp³-hybridized carbons (Fsp3) is 0.0476. The molecule has 7 nitrogen and oxygen atoms in total. The molecule has 8 heteroatoms. The van der Waals surface area contributed by atoms with Gasteiger partial charge in [0.05, 0.1) is 27.1 Å². The normalized spacial score (nSPS) is 13.0. The van der Waals surface area contributed by atoms with Crippen molar-refractivity contribution in [2.24, 2.45) is 5.14 Å². The van der Waals surface area contributed by atoms with Crippen molar-refractivity contribution < 1.29 is 4.21 Å². The number of nitrogens with zero attached hydrogens (tertiary/aromatic N) is 3. The Bertz CT molecular complexity index is 1260. The smallest absolute Gasteiger partial charge is 0.141 e. The van der Waals surface area contributed by atoms with Gasteiger partial charge in [-0.25, -0.2) is 14.2 Å². The maximum absolute atomic E-state index is 11.9. The highest BCUT2D eigenvalue weighted by Crippen LogP contribution is 2.25. The molecule has 0 spiro atoms. The summed E-state index contributed by atoms with van der Waals surface area (Å²) in [7, 11) is -2.72. The number of benzene rings is 2.